The van der Waals surface area contributed by atoms with Crippen molar-refractivity contribution in [1.29, 1.82) is 0 Å². The third-order valence-electron chi connectivity index (χ3n) is 3.45. The summed E-state index contributed by atoms with van der Waals surface area (Å²) in [5.41, 5.74) is 0.328. The van der Waals surface area contributed by atoms with Gasteiger partial charge in [0.25, 0.3) is 5.91 Å². The van der Waals surface area contributed by atoms with Crippen molar-refractivity contribution in [3.05, 3.63) is 81.9 Å². The second kappa shape index (κ2) is 7.40. The monoisotopic (exact) mass is 368 g/mol. The molecule has 3 rings (SSSR count). The molecule has 0 bridgehead atoms. The summed E-state index contributed by atoms with van der Waals surface area (Å²) in [5.74, 6) is -2.64. The van der Waals surface area contributed by atoms with Crippen LogP contribution in [0.2, 0.25) is 0 Å². The van der Waals surface area contributed by atoms with Crippen molar-refractivity contribution in [1.82, 2.24) is 5.32 Å². The zero-order valence-corrected chi connectivity index (χ0v) is 13.6. The van der Waals surface area contributed by atoms with Crippen molar-refractivity contribution in [3.63, 3.8) is 0 Å². The molecule has 9 nitrogen and oxygen atoms in total. The van der Waals surface area contributed by atoms with Gasteiger partial charge in [0, 0.05) is 11.6 Å². The number of amides is 1. The molecule has 0 atom stereocenters. The number of carboxylic acids is 1. The Kier molecular flexibility index (Phi) is 4.84. The standard InChI is InChI=1S/C18H12N2O7/c21-17(15-8-9-16(27-15)20(24)25)19-13(18(22)23)10-12-6-7-14(26-12)11-4-2-1-3-5-11/h1-10H,(H,19,21)(H,22,23)/b13-10-. The van der Waals surface area contributed by atoms with Crippen LogP contribution in [-0.4, -0.2) is 21.9 Å². The average Bonchev–Trinajstić information content (AvgIpc) is 3.31. The van der Waals surface area contributed by atoms with E-state index in [1.807, 2.05) is 30.3 Å². The van der Waals surface area contributed by atoms with Crippen LogP contribution in [0.15, 0.2) is 69.1 Å². The van der Waals surface area contributed by atoms with E-state index >= 15 is 0 Å². The Bertz CT molecular complexity index is 1030. The molecular formula is C18H12N2O7. The SMILES string of the molecule is O=C(O)/C(=C/c1ccc(-c2ccccc2)o1)NC(=O)c1ccc([N+](=O)[O-])o1. The van der Waals surface area contributed by atoms with E-state index in [2.05, 4.69) is 5.32 Å². The van der Waals surface area contributed by atoms with E-state index in [1.165, 1.54) is 0 Å². The number of benzene rings is 1. The van der Waals surface area contributed by atoms with E-state index < -0.39 is 34.1 Å². The van der Waals surface area contributed by atoms with Gasteiger partial charge in [-0.15, -0.1) is 0 Å². The number of carbonyl (C=O) groups excluding carboxylic acids is 1. The Morgan fingerprint density at radius 1 is 1.04 bits per heavy atom. The number of hydrogen-bond acceptors (Lipinski definition) is 6. The molecule has 2 N–H and O–H groups in total. The lowest BCUT2D eigenvalue weighted by molar-refractivity contribution is -0.402. The quantitative estimate of drug-likeness (QED) is 0.387. The highest BCUT2D eigenvalue weighted by Gasteiger charge is 2.20. The van der Waals surface area contributed by atoms with Gasteiger partial charge < -0.3 is 19.3 Å². The molecule has 3 aromatic rings. The van der Waals surface area contributed by atoms with Crippen LogP contribution in [-0.2, 0) is 4.79 Å². The molecule has 0 saturated heterocycles. The number of nitrogens with one attached hydrogen (secondary N) is 1. The van der Waals surface area contributed by atoms with Gasteiger partial charge in [-0.1, -0.05) is 30.3 Å². The van der Waals surface area contributed by atoms with Gasteiger partial charge in [0.05, 0.1) is 6.07 Å². The van der Waals surface area contributed by atoms with Crippen LogP contribution in [0.4, 0.5) is 5.88 Å². The van der Waals surface area contributed by atoms with Gasteiger partial charge >= 0.3 is 11.9 Å². The van der Waals surface area contributed by atoms with Crippen molar-refractivity contribution >= 4 is 23.8 Å². The topological polar surface area (TPSA) is 136 Å². The molecule has 0 aliphatic rings. The van der Waals surface area contributed by atoms with Crippen LogP contribution < -0.4 is 5.32 Å². The lowest BCUT2D eigenvalue weighted by Gasteiger charge is -2.03. The minimum atomic E-state index is -1.41. The molecular weight excluding hydrogens is 356 g/mol. The molecule has 0 fully saturated rings. The molecule has 0 spiro atoms. The second-order valence-corrected chi connectivity index (χ2v) is 5.28. The van der Waals surface area contributed by atoms with Crippen LogP contribution >= 0.6 is 0 Å². The third-order valence-corrected chi connectivity index (χ3v) is 3.45. The summed E-state index contributed by atoms with van der Waals surface area (Å²) in [7, 11) is 0. The van der Waals surface area contributed by atoms with E-state index in [1.54, 1.807) is 12.1 Å². The maximum Gasteiger partial charge on any atom is 0.433 e. The van der Waals surface area contributed by atoms with Gasteiger partial charge in [-0.3, -0.25) is 14.9 Å². The summed E-state index contributed by atoms with van der Waals surface area (Å²) in [6.07, 6.45) is 1.13. The first-order valence-electron chi connectivity index (χ1n) is 7.60. The van der Waals surface area contributed by atoms with E-state index in [-0.39, 0.29) is 5.76 Å². The smallest absolute Gasteiger partial charge is 0.433 e. The van der Waals surface area contributed by atoms with Crippen molar-refractivity contribution in [3.8, 4) is 11.3 Å². The van der Waals surface area contributed by atoms with Crippen molar-refractivity contribution in [2.45, 2.75) is 0 Å². The second-order valence-electron chi connectivity index (χ2n) is 5.28. The summed E-state index contributed by atoms with van der Waals surface area (Å²) < 4.78 is 10.3. The minimum Gasteiger partial charge on any atom is -0.477 e. The number of hydrogen-bond donors (Lipinski definition) is 2. The van der Waals surface area contributed by atoms with E-state index in [9.17, 15) is 24.8 Å². The molecule has 0 radical (unpaired) electrons. The number of furan rings is 2. The molecule has 1 amide bonds. The lowest BCUT2D eigenvalue weighted by atomic mass is 10.2. The summed E-state index contributed by atoms with van der Waals surface area (Å²) in [4.78, 5) is 33.2. The molecule has 0 aliphatic carbocycles. The number of nitrogens with zero attached hydrogens (tertiary/aromatic N) is 1. The fraction of sp³-hybridized carbons (Fsp3) is 0. The van der Waals surface area contributed by atoms with Crippen molar-refractivity contribution in [2.24, 2.45) is 0 Å². The zero-order chi connectivity index (χ0) is 19.4. The zero-order valence-electron chi connectivity index (χ0n) is 13.6. The molecule has 2 heterocycles. The van der Waals surface area contributed by atoms with Crippen LogP contribution in [0.25, 0.3) is 17.4 Å². The van der Waals surface area contributed by atoms with Crippen LogP contribution in [0.5, 0.6) is 0 Å². The van der Waals surface area contributed by atoms with E-state index in [0.717, 1.165) is 23.8 Å². The maximum atomic E-state index is 12.1. The van der Waals surface area contributed by atoms with Gasteiger partial charge in [-0.2, -0.15) is 0 Å². The highest BCUT2D eigenvalue weighted by atomic mass is 16.6. The van der Waals surface area contributed by atoms with E-state index in [4.69, 9.17) is 8.83 Å². The molecule has 0 aliphatic heterocycles. The first kappa shape index (κ1) is 17.7. The molecule has 27 heavy (non-hydrogen) atoms. The van der Waals surface area contributed by atoms with Crippen LogP contribution in [0.1, 0.15) is 16.3 Å². The number of aliphatic carboxylic acids is 1. The predicted molar refractivity (Wildman–Crippen MR) is 92.6 cm³/mol. The first-order valence-corrected chi connectivity index (χ1v) is 7.60. The highest BCUT2D eigenvalue weighted by molar-refractivity contribution is 6.01. The summed E-state index contributed by atoms with van der Waals surface area (Å²) in [5, 5.41) is 22.0. The first-order chi connectivity index (χ1) is 12.9. The van der Waals surface area contributed by atoms with Crippen molar-refractivity contribution in [2.75, 3.05) is 0 Å². The van der Waals surface area contributed by atoms with Crippen LogP contribution in [0.3, 0.4) is 0 Å². The third kappa shape index (κ3) is 4.10. The average molecular weight is 368 g/mol. The number of carbonyl (C=O) groups is 2. The van der Waals surface area contributed by atoms with Crippen LogP contribution in [0, 0.1) is 10.1 Å². The highest BCUT2D eigenvalue weighted by Crippen LogP contribution is 2.23. The Labute approximate surface area is 151 Å². The van der Waals surface area contributed by atoms with Gasteiger partial charge in [0.15, 0.2) is 5.76 Å². The fourth-order valence-electron chi connectivity index (χ4n) is 2.21. The van der Waals surface area contributed by atoms with E-state index in [0.29, 0.717) is 5.76 Å². The minimum absolute atomic E-state index is 0.206. The Balaban J connectivity index is 1.81. The molecule has 136 valence electrons. The lowest BCUT2D eigenvalue weighted by Crippen LogP contribution is -2.26. The number of carboxylic acid groups (broad SMARTS) is 1. The van der Waals surface area contributed by atoms with Gasteiger partial charge in [-0.25, -0.2) is 4.79 Å². The van der Waals surface area contributed by atoms with Gasteiger partial charge in [0.1, 0.15) is 22.1 Å². The normalized spacial score (nSPS) is 11.2. The maximum absolute atomic E-state index is 12.1. The van der Waals surface area contributed by atoms with Crippen molar-refractivity contribution < 1.29 is 28.5 Å². The molecule has 1 aromatic carbocycles. The molecule has 0 unspecified atom stereocenters. The van der Waals surface area contributed by atoms with Gasteiger partial charge in [-0.05, 0) is 18.2 Å². The number of rotatable bonds is 6. The predicted octanol–water partition coefficient (Wildman–Crippen LogP) is 3.30. The Morgan fingerprint density at radius 3 is 2.41 bits per heavy atom. The molecule has 2 aromatic heterocycles. The fourth-order valence-corrected chi connectivity index (χ4v) is 2.21. The summed E-state index contributed by atoms with van der Waals surface area (Å²) >= 11 is 0. The summed E-state index contributed by atoms with van der Waals surface area (Å²) in [6, 6.07) is 14.5. The molecule has 0 saturated carbocycles. The van der Waals surface area contributed by atoms with Gasteiger partial charge in [0.2, 0.25) is 0 Å². The Hall–Kier alpha value is -4.14. The summed E-state index contributed by atoms with van der Waals surface area (Å²) in [6.45, 7) is 0. The Morgan fingerprint density at radius 2 is 1.78 bits per heavy atom. The molecule has 9 heteroatoms. The largest absolute Gasteiger partial charge is 0.477 e. The number of nitro groups is 1.